The molecular weight excluding hydrogens is 274 g/mol. The highest BCUT2D eigenvalue weighted by atomic mass is 32.1. The zero-order valence-electron chi connectivity index (χ0n) is 13.2. The summed E-state index contributed by atoms with van der Waals surface area (Å²) in [4.78, 5) is 13.5. The Labute approximate surface area is 124 Å². The molecule has 112 valence electrons. The summed E-state index contributed by atoms with van der Waals surface area (Å²) in [5.41, 5.74) is 5.90. The molecule has 2 rings (SSSR count). The highest BCUT2D eigenvalue weighted by molar-refractivity contribution is 7.16. The van der Waals surface area contributed by atoms with Gasteiger partial charge in [0.05, 0.1) is 11.2 Å². The average molecular weight is 297 g/mol. The van der Waals surface area contributed by atoms with Gasteiger partial charge in [-0.1, -0.05) is 0 Å². The number of thiophene rings is 1. The predicted octanol–water partition coefficient (Wildman–Crippen LogP) is 3.79. The molecule has 2 heterocycles. The molecule has 0 unspecified atom stereocenters. The molecule has 0 atom stereocenters. The Kier molecular flexibility index (Phi) is 3.23. The quantitative estimate of drug-likeness (QED) is 0.801. The van der Waals surface area contributed by atoms with E-state index >= 15 is 0 Å². The summed E-state index contributed by atoms with van der Waals surface area (Å²) in [5.74, 6) is -0.373. The number of rotatable bonds is 1. The van der Waals surface area contributed by atoms with E-state index in [2.05, 4.69) is 0 Å². The standard InChI is InChI=1S/C15H23NO3S/c1-13(2,3)18-12(17)8-9-10(20-11(8)16)15(6,7)19-14(9,4)5/h16H2,1-7H3. The Morgan fingerprint density at radius 2 is 1.75 bits per heavy atom. The largest absolute Gasteiger partial charge is 0.456 e. The number of fused-ring (bicyclic) bond motifs is 1. The van der Waals surface area contributed by atoms with Crippen LogP contribution in [-0.2, 0) is 20.7 Å². The zero-order chi connectivity index (χ0) is 15.5. The van der Waals surface area contributed by atoms with Gasteiger partial charge in [-0.3, -0.25) is 0 Å². The predicted molar refractivity (Wildman–Crippen MR) is 81.0 cm³/mol. The third-order valence-electron chi connectivity index (χ3n) is 3.20. The van der Waals surface area contributed by atoms with Crippen LogP contribution in [0.5, 0.6) is 0 Å². The van der Waals surface area contributed by atoms with Gasteiger partial charge in [0, 0.05) is 10.4 Å². The van der Waals surface area contributed by atoms with Gasteiger partial charge in [0.2, 0.25) is 0 Å². The number of hydrogen-bond donors (Lipinski definition) is 1. The van der Waals surface area contributed by atoms with Gasteiger partial charge < -0.3 is 15.2 Å². The van der Waals surface area contributed by atoms with Crippen molar-refractivity contribution < 1.29 is 14.3 Å². The van der Waals surface area contributed by atoms with E-state index in [-0.39, 0.29) is 5.97 Å². The van der Waals surface area contributed by atoms with Gasteiger partial charge in [-0.2, -0.15) is 0 Å². The fourth-order valence-corrected chi connectivity index (χ4v) is 3.96. The Balaban J connectivity index is 2.56. The molecule has 0 spiro atoms. The minimum atomic E-state index is -0.544. The summed E-state index contributed by atoms with van der Waals surface area (Å²) >= 11 is 1.42. The fourth-order valence-electron chi connectivity index (χ4n) is 2.71. The van der Waals surface area contributed by atoms with Gasteiger partial charge in [0.25, 0.3) is 0 Å². The Morgan fingerprint density at radius 3 is 2.25 bits per heavy atom. The van der Waals surface area contributed by atoms with Gasteiger partial charge in [0.15, 0.2) is 0 Å². The summed E-state index contributed by atoms with van der Waals surface area (Å²) in [6.07, 6.45) is 0. The first kappa shape index (κ1) is 15.3. The Morgan fingerprint density at radius 1 is 1.20 bits per heavy atom. The van der Waals surface area contributed by atoms with Crippen LogP contribution in [0.3, 0.4) is 0 Å². The van der Waals surface area contributed by atoms with E-state index in [0.29, 0.717) is 10.6 Å². The number of hydrogen-bond acceptors (Lipinski definition) is 5. The molecule has 0 aromatic carbocycles. The maximum absolute atomic E-state index is 12.4. The van der Waals surface area contributed by atoms with Crippen LogP contribution in [0, 0.1) is 0 Å². The first-order valence-corrected chi connectivity index (χ1v) is 7.53. The molecule has 0 saturated carbocycles. The lowest BCUT2D eigenvalue weighted by molar-refractivity contribution is -0.104. The van der Waals surface area contributed by atoms with Crippen molar-refractivity contribution >= 4 is 22.3 Å². The topological polar surface area (TPSA) is 61.5 Å². The number of ether oxygens (including phenoxy) is 2. The number of nitrogens with two attached hydrogens (primary N) is 1. The second-order valence-corrected chi connectivity index (χ2v) is 8.22. The number of esters is 1. The maximum atomic E-state index is 12.4. The number of anilines is 1. The van der Waals surface area contributed by atoms with Crippen LogP contribution in [0.2, 0.25) is 0 Å². The summed E-state index contributed by atoms with van der Waals surface area (Å²) in [5, 5.41) is 0.508. The molecule has 5 heteroatoms. The molecule has 0 amide bonds. The molecule has 0 bridgehead atoms. The van der Waals surface area contributed by atoms with E-state index < -0.39 is 16.8 Å². The normalized spacial score (nSPS) is 19.8. The second-order valence-electron chi connectivity index (χ2n) is 7.17. The molecule has 1 aromatic rings. The summed E-state index contributed by atoms with van der Waals surface area (Å²) in [6.45, 7) is 13.4. The van der Waals surface area contributed by atoms with Gasteiger partial charge >= 0.3 is 5.97 Å². The highest BCUT2D eigenvalue weighted by Crippen LogP contribution is 2.53. The molecule has 2 N–H and O–H groups in total. The van der Waals surface area contributed by atoms with Gasteiger partial charge in [0.1, 0.15) is 16.2 Å². The smallest absolute Gasteiger partial charge is 0.342 e. The van der Waals surface area contributed by atoms with Gasteiger partial charge in [-0.05, 0) is 48.5 Å². The first-order chi connectivity index (χ1) is 8.85. The number of nitrogen functional groups attached to an aromatic ring is 1. The molecule has 0 aliphatic carbocycles. The first-order valence-electron chi connectivity index (χ1n) is 6.72. The van der Waals surface area contributed by atoms with Crippen molar-refractivity contribution in [2.24, 2.45) is 0 Å². The Bertz CT molecular complexity index is 564. The van der Waals surface area contributed by atoms with Gasteiger partial charge in [-0.15, -0.1) is 11.3 Å². The van der Waals surface area contributed by atoms with Crippen LogP contribution in [0.1, 0.15) is 69.3 Å². The molecule has 1 aromatic heterocycles. The van der Waals surface area contributed by atoms with E-state index in [9.17, 15) is 4.79 Å². The third kappa shape index (κ3) is 2.44. The van der Waals surface area contributed by atoms with Crippen molar-refractivity contribution in [3.05, 3.63) is 16.0 Å². The van der Waals surface area contributed by atoms with Crippen molar-refractivity contribution in [1.29, 1.82) is 0 Å². The van der Waals surface area contributed by atoms with Crippen molar-refractivity contribution in [2.45, 2.75) is 65.3 Å². The van der Waals surface area contributed by atoms with Crippen LogP contribution in [0.25, 0.3) is 0 Å². The van der Waals surface area contributed by atoms with E-state index in [4.69, 9.17) is 15.2 Å². The molecular formula is C15H23NO3S. The third-order valence-corrected chi connectivity index (χ3v) is 4.52. The van der Waals surface area contributed by atoms with Crippen molar-refractivity contribution in [2.75, 3.05) is 5.73 Å². The number of carbonyl (C=O) groups is 1. The van der Waals surface area contributed by atoms with E-state index in [1.807, 2.05) is 48.5 Å². The van der Waals surface area contributed by atoms with Crippen LogP contribution in [0.15, 0.2) is 0 Å². The monoisotopic (exact) mass is 297 g/mol. The van der Waals surface area contributed by atoms with Crippen LogP contribution in [0.4, 0.5) is 5.00 Å². The fraction of sp³-hybridized carbons (Fsp3) is 0.667. The average Bonchev–Trinajstić information content (AvgIpc) is 2.59. The lowest BCUT2D eigenvalue weighted by atomic mass is 9.94. The molecule has 1 aliphatic rings. The van der Waals surface area contributed by atoms with E-state index in [0.717, 1.165) is 10.4 Å². The summed E-state index contributed by atoms with van der Waals surface area (Å²) in [6, 6.07) is 0. The lowest BCUT2D eigenvalue weighted by Gasteiger charge is -2.26. The molecule has 0 fully saturated rings. The SMILES string of the molecule is CC(C)(C)OC(=O)c1c(N)sc2c1C(C)(C)OC2(C)C. The van der Waals surface area contributed by atoms with Crippen molar-refractivity contribution in [3.63, 3.8) is 0 Å². The number of carbonyl (C=O) groups excluding carboxylic acids is 1. The Hall–Kier alpha value is -1.07. The van der Waals surface area contributed by atoms with Crippen LogP contribution >= 0.6 is 11.3 Å². The molecule has 0 radical (unpaired) electrons. The highest BCUT2D eigenvalue weighted by Gasteiger charge is 2.48. The maximum Gasteiger partial charge on any atom is 0.342 e. The van der Waals surface area contributed by atoms with E-state index in [1.54, 1.807) is 0 Å². The summed E-state index contributed by atoms with van der Waals surface area (Å²) < 4.78 is 11.6. The van der Waals surface area contributed by atoms with Gasteiger partial charge in [-0.25, -0.2) is 4.79 Å². The lowest BCUT2D eigenvalue weighted by Crippen LogP contribution is -2.27. The molecule has 0 saturated heterocycles. The molecule has 20 heavy (non-hydrogen) atoms. The minimum Gasteiger partial charge on any atom is -0.456 e. The van der Waals surface area contributed by atoms with Crippen molar-refractivity contribution in [1.82, 2.24) is 0 Å². The van der Waals surface area contributed by atoms with Crippen LogP contribution in [-0.4, -0.2) is 11.6 Å². The molecule has 1 aliphatic heterocycles. The van der Waals surface area contributed by atoms with E-state index in [1.165, 1.54) is 11.3 Å². The summed E-state index contributed by atoms with van der Waals surface area (Å²) in [7, 11) is 0. The minimum absolute atomic E-state index is 0.373. The van der Waals surface area contributed by atoms with Crippen LogP contribution < -0.4 is 5.73 Å². The second kappa shape index (κ2) is 4.21. The van der Waals surface area contributed by atoms with Crippen molar-refractivity contribution in [3.8, 4) is 0 Å². The molecule has 4 nitrogen and oxygen atoms in total. The zero-order valence-corrected chi connectivity index (χ0v) is 14.0.